The maximum absolute atomic E-state index is 11.0. The molecule has 2 rings (SSSR count). The minimum absolute atomic E-state index is 0.170. The number of carbonyl (C=O) groups is 2. The van der Waals surface area contributed by atoms with Gasteiger partial charge in [-0.3, -0.25) is 9.59 Å². The molecule has 0 spiro atoms. The van der Waals surface area contributed by atoms with Crippen molar-refractivity contribution in [3.05, 3.63) is 45.8 Å². The van der Waals surface area contributed by atoms with Gasteiger partial charge in [-0.25, -0.2) is 4.79 Å². The summed E-state index contributed by atoms with van der Waals surface area (Å²) in [5.41, 5.74) is 0.143. The summed E-state index contributed by atoms with van der Waals surface area (Å²) in [5, 5.41) is 0.377. The summed E-state index contributed by atoms with van der Waals surface area (Å²) in [4.78, 5) is 32.5. The maximum Gasteiger partial charge on any atom is 0.336 e. The van der Waals surface area contributed by atoms with Gasteiger partial charge in [0.25, 0.3) is 0 Å². The van der Waals surface area contributed by atoms with Gasteiger partial charge < -0.3 is 4.42 Å². The molecule has 0 radical (unpaired) electrons. The highest BCUT2D eigenvalue weighted by atomic mass is 16.4. The van der Waals surface area contributed by atoms with Crippen molar-refractivity contribution in [2.45, 2.75) is 0 Å². The van der Waals surface area contributed by atoms with E-state index in [9.17, 15) is 14.4 Å². The van der Waals surface area contributed by atoms with Crippen LogP contribution in [0.4, 0.5) is 0 Å². The van der Waals surface area contributed by atoms with Crippen LogP contribution in [0.15, 0.2) is 33.5 Å². The lowest BCUT2D eigenvalue weighted by molar-refractivity contribution is 0.112. The van der Waals surface area contributed by atoms with E-state index in [0.29, 0.717) is 23.5 Å². The molecule has 1 heterocycles. The third-order valence-electron chi connectivity index (χ3n) is 2.08. The van der Waals surface area contributed by atoms with Gasteiger partial charge in [-0.15, -0.1) is 0 Å². The molecular weight excluding hydrogens is 196 g/mol. The van der Waals surface area contributed by atoms with Gasteiger partial charge in [0.1, 0.15) is 5.58 Å². The zero-order valence-corrected chi connectivity index (χ0v) is 7.60. The third-order valence-corrected chi connectivity index (χ3v) is 2.08. The normalized spacial score (nSPS) is 10.1. The van der Waals surface area contributed by atoms with E-state index in [0.717, 1.165) is 6.07 Å². The van der Waals surface area contributed by atoms with Gasteiger partial charge in [-0.05, 0) is 6.07 Å². The highest BCUT2D eigenvalue weighted by Crippen LogP contribution is 2.18. The molecule has 1 aromatic carbocycles. The van der Waals surface area contributed by atoms with Gasteiger partial charge in [-0.2, -0.15) is 0 Å². The Morgan fingerprint density at radius 1 is 1.07 bits per heavy atom. The van der Waals surface area contributed by atoms with Gasteiger partial charge in [-0.1, -0.05) is 12.1 Å². The lowest BCUT2D eigenvalue weighted by Gasteiger charge is -2.00. The van der Waals surface area contributed by atoms with Crippen molar-refractivity contribution in [3.63, 3.8) is 0 Å². The van der Waals surface area contributed by atoms with Crippen molar-refractivity contribution < 1.29 is 14.0 Å². The molecule has 0 atom stereocenters. The summed E-state index contributed by atoms with van der Waals surface area (Å²) in [6, 6.07) is 5.75. The van der Waals surface area contributed by atoms with Crippen LogP contribution >= 0.6 is 0 Å². The molecule has 0 amide bonds. The van der Waals surface area contributed by atoms with Gasteiger partial charge in [0.2, 0.25) is 0 Å². The van der Waals surface area contributed by atoms with Crippen LogP contribution < -0.4 is 5.63 Å². The van der Waals surface area contributed by atoms with Gasteiger partial charge in [0, 0.05) is 22.6 Å². The fraction of sp³-hybridized carbons (Fsp3) is 0. The first-order valence-electron chi connectivity index (χ1n) is 4.23. The van der Waals surface area contributed by atoms with E-state index in [4.69, 9.17) is 4.42 Å². The number of fused-ring (bicyclic) bond motifs is 1. The number of hydrogen-bond acceptors (Lipinski definition) is 4. The first kappa shape index (κ1) is 9.33. The highest BCUT2D eigenvalue weighted by Gasteiger charge is 2.08. The molecule has 0 fully saturated rings. The largest absolute Gasteiger partial charge is 0.423 e. The number of rotatable bonds is 2. The van der Waals surface area contributed by atoms with Crippen LogP contribution in [0.25, 0.3) is 11.0 Å². The zero-order valence-electron chi connectivity index (χ0n) is 7.60. The predicted molar refractivity (Wildman–Crippen MR) is 53.3 cm³/mol. The molecule has 4 heteroatoms. The van der Waals surface area contributed by atoms with Crippen molar-refractivity contribution in [2.24, 2.45) is 0 Å². The van der Waals surface area contributed by atoms with Crippen LogP contribution in [0.2, 0.25) is 0 Å². The Bertz CT molecular complexity index is 595. The van der Waals surface area contributed by atoms with Gasteiger partial charge >= 0.3 is 5.63 Å². The average Bonchev–Trinajstić information content (AvgIpc) is 2.26. The Hall–Kier alpha value is -2.23. The lowest BCUT2D eigenvalue weighted by Crippen LogP contribution is -2.01. The zero-order chi connectivity index (χ0) is 10.8. The van der Waals surface area contributed by atoms with E-state index in [1.165, 1.54) is 6.07 Å². The Kier molecular flexibility index (Phi) is 2.17. The summed E-state index contributed by atoms with van der Waals surface area (Å²) in [6.45, 7) is 0. The molecule has 1 aromatic heterocycles. The minimum Gasteiger partial charge on any atom is -0.423 e. The summed E-state index contributed by atoms with van der Waals surface area (Å²) in [6.07, 6.45) is 1.15. The topological polar surface area (TPSA) is 64.3 Å². The fourth-order valence-corrected chi connectivity index (χ4v) is 1.47. The minimum atomic E-state index is -0.604. The SMILES string of the molecule is O=Cc1cccc2oc(=O)cc(C=O)c12. The van der Waals surface area contributed by atoms with Crippen molar-refractivity contribution in [1.82, 2.24) is 0 Å². The fourth-order valence-electron chi connectivity index (χ4n) is 1.47. The van der Waals surface area contributed by atoms with Crippen LogP contribution in [0.3, 0.4) is 0 Å². The second kappa shape index (κ2) is 3.49. The molecule has 0 aliphatic carbocycles. The number of aldehydes is 2. The van der Waals surface area contributed by atoms with Crippen molar-refractivity contribution in [1.29, 1.82) is 0 Å². The van der Waals surface area contributed by atoms with Crippen molar-refractivity contribution >= 4 is 23.5 Å². The molecule has 74 valence electrons. The van der Waals surface area contributed by atoms with Crippen molar-refractivity contribution in [3.8, 4) is 0 Å². The Balaban J connectivity index is 3.03. The van der Waals surface area contributed by atoms with Gasteiger partial charge in [0.15, 0.2) is 12.6 Å². The van der Waals surface area contributed by atoms with E-state index in [-0.39, 0.29) is 11.1 Å². The van der Waals surface area contributed by atoms with E-state index in [1.54, 1.807) is 12.1 Å². The summed E-state index contributed by atoms with van der Waals surface area (Å²) in [5.74, 6) is 0. The number of benzene rings is 1. The second-order valence-corrected chi connectivity index (χ2v) is 2.98. The summed E-state index contributed by atoms with van der Waals surface area (Å²) in [7, 11) is 0. The second-order valence-electron chi connectivity index (χ2n) is 2.98. The lowest BCUT2D eigenvalue weighted by atomic mass is 10.1. The van der Waals surface area contributed by atoms with Gasteiger partial charge in [0.05, 0.1) is 0 Å². The van der Waals surface area contributed by atoms with Crippen LogP contribution in [0.1, 0.15) is 20.7 Å². The maximum atomic E-state index is 11.0. The van der Waals surface area contributed by atoms with Crippen LogP contribution in [-0.2, 0) is 0 Å². The first-order valence-corrected chi connectivity index (χ1v) is 4.23. The molecule has 0 aliphatic rings. The molecule has 0 saturated carbocycles. The molecule has 0 aliphatic heterocycles. The van der Waals surface area contributed by atoms with Crippen molar-refractivity contribution in [2.75, 3.05) is 0 Å². The smallest absolute Gasteiger partial charge is 0.336 e. The molecular formula is C11H6O4. The third kappa shape index (κ3) is 1.46. The summed E-state index contributed by atoms with van der Waals surface area (Å²) >= 11 is 0. The Morgan fingerprint density at radius 3 is 2.47 bits per heavy atom. The predicted octanol–water partition coefficient (Wildman–Crippen LogP) is 1.42. The first-order chi connectivity index (χ1) is 7.26. The van der Waals surface area contributed by atoms with Crippen LogP contribution in [0.5, 0.6) is 0 Å². The number of carbonyl (C=O) groups excluding carboxylic acids is 2. The standard InChI is InChI=1S/C11H6O4/c12-5-7-2-1-3-9-11(7)8(6-13)4-10(14)15-9/h1-6H. The Labute approximate surface area is 84.1 Å². The van der Waals surface area contributed by atoms with E-state index in [1.807, 2.05) is 0 Å². The van der Waals surface area contributed by atoms with E-state index in [2.05, 4.69) is 0 Å². The van der Waals surface area contributed by atoms with Crippen LogP contribution in [0, 0.1) is 0 Å². The quantitative estimate of drug-likeness (QED) is 0.545. The Morgan fingerprint density at radius 2 is 1.80 bits per heavy atom. The highest BCUT2D eigenvalue weighted by molar-refractivity contribution is 6.04. The molecule has 4 nitrogen and oxygen atoms in total. The summed E-state index contributed by atoms with van der Waals surface area (Å²) < 4.78 is 4.87. The van der Waals surface area contributed by atoms with E-state index < -0.39 is 5.63 Å². The molecule has 0 N–H and O–H groups in total. The molecule has 2 aromatic rings. The molecule has 0 saturated heterocycles. The molecule has 0 bridgehead atoms. The molecule has 0 unspecified atom stereocenters. The van der Waals surface area contributed by atoms with E-state index >= 15 is 0 Å². The number of hydrogen-bond donors (Lipinski definition) is 0. The van der Waals surface area contributed by atoms with Crippen LogP contribution in [-0.4, -0.2) is 12.6 Å². The average molecular weight is 202 g/mol. The monoisotopic (exact) mass is 202 g/mol. The molecule has 15 heavy (non-hydrogen) atoms.